The van der Waals surface area contributed by atoms with E-state index in [0.29, 0.717) is 19.2 Å². The second-order valence-corrected chi connectivity index (χ2v) is 7.69. The lowest BCUT2D eigenvalue weighted by molar-refractivity contribution is 0.0628. The smallest absolute Gasteiger partial charge is 0.124 e. The Labute approximate surface area is 155 Å². The number of aliphatic hydroxyl groups is 1. The summed E-state index contributed by atoms with van der Waals surface area (Å²) in [4.78, 5) is 10.8. The molecule has 2 N–H and O–H groups in total. The molecule has 5 heteroatoms. The van der Waals surface area contributed by atoms with Gasteiger partial charge in [0.1, 0.15) is 24.3 Å². The first kappa shape index (κ1) is 17.6. The van der Waals surface area contributed by atoms with Crippen LogP contribution in [0, 0.1) is 6.92 Å². The lowest BCUT2D eigenvalue weighted by Crippen LogP contribution is -2.35. The van der Waals surface area contributed by atoms with Gasteiger partial charge in [0.15, 0.2) is 0 Å². The summed E-state index contributed by atoms with van der Waals surface area (Å²) in [5, 5.41) is 10.5. The number of aromatic amines is 1. The van der Waals surface area contributed by atoms with E-state index in [0.717, 1.165) is 43.8 Å². The SMILES string of the molecule is Cc1cccc(OC[C@H](O)CN2CCC[C@H]2c2nc3c([nH]2)CCCC3)c1. The Bertz CT molecular complexity index is 719. The molecule has 26 heavy (non-hydrogen) atoms. The molecule has 1 aromatic carbocycles. The Morgan fingerprint density at radius 2 is 2.19 bits per heavy atom. The molecule has 0 saturated carbocycles. The fourth-order valence-electron chi connectivity index (χ4n) is 4.21. The number of aliphatic hydroxyl groups excluding tert-OH is 1. The Morgan fingerprint density at radius 1 is 1.31 bits per heavy atom. The molecule has 0 spiro atoms. The molecule has 1 aliphatic carbocycles. The molecule has 4 rings (SSSR count). The summed E-state index contributed by atoms with van der Waals surface area (Å²) >= 11 is 0. The summed E-state index contributed by atoms with van der Waals surface area (Å²) < 4.78 is 5.77. The van der Waals surface area contributed by atoms with Crippen LogP contribution in [-0.2, 0) is 12.8 Å². The van der Waals surface area contributed by atoms with Gasteiger partial charge < -0.3 is 14.8 Å². The second kappa shape index (κ2) is 7.80. The van der Waals surface area contributed by atoms with Gasteiger partial charge in [-0.2, -0.15) is 0 Å². The van der Waals surface area contributed by atoms with Crippen LogP contribution in [0.5, 0.6) is 5.75 Å². The molecule has 1 aromatic heterocycles. The molecule has 0 radical (unpaired) electrons. The highest BCUT2D eigenvalue weighted by Crippen LogP contribution is 2.32. The third kappa shape index (κ3) is 3.94. The average Bonchev–Trinajstić information content (AvgIpc) is 3.26. The molecule has 1 saturated heterocycles. The van der Waals surface area contributed by atoms with E-state index in [2.05, 4.69) is 9.88 Å². The highest BCUT2D eigenvalue weighted by Gasteiger charge is 2.31. The number of nitrogens with zero attached hydrogens (tertiary/aromatic N) is 2. The molecular weight excluding hydrogens is 326 g/mol. The van der Waals surface area contributed by atoms with Crippen LogP contribution in [0.15, 0.2) is 24.3 Å². The zero-order valence-electron chi connectivity index (χ0n) is 15.6. The molecule has 1 fully saturated rings. The van der Waals surface area contributed by atoms with Crippen molar-refractivity contribution >= 4 is 0 Å². The van der Waals surface area contributed by atoms with Gasteiger partial charge in [-0.25, -0.2) is 4.98 Å². The normalized spacial score (nSPS) is 21.5. The van der Waals surface area contributed by atoms with Crippen molar-refractivity contribution in [1.82, 2.24) is 14.9 Å². The molecule has 0 bridgehead atoms. The molecule has 0 amide bonds. The van der Waals surface area contributed by atoms with Crippen molar-refractivity contribution in [3.05, 3.63) is 47.0 Å². The standard InChI is InChI=1S/C21H29N3O2/c1-15-6-4-7-17(12-15)26-14-16(25)13-24-11-5-10-20(24)21-22-18-8-2-3-9-19(18)23-21/h4,6-7,12,16,20,25H,2-3,5,8-11,13-14H2,1H3,(H,22,23)/t16-,20+/m1/s1. The monoisotopic (exact) mass is 355 g/mol. The van der Waals surface area contributed by atoms with Gasteiger partial charge in [-0.15, -0.1) is 0 Å². The summed E-state index contributed by atoms with van der Waals surface area (Å²) in [7, 11) is 0. The zero-order valence-corrected chi connectivity index (χ0v) is 15.6. The predicted octanol–water partition coefficient (Wildman–Crippen LogP) is 3.17. The molecular formula is C21H29N3O2. The maximum absolute atomic E-state index is 10.5. The molecule has 5 nitrogen and oxygen atoms in total. The van der Waals surface area contributed by atoms with Crippen LogP contribution in [0.3, 0.4) is 0 Å². The van der Waals surface area contributed by atoms with Crippen LogP contribution in [0.4, 0.5) is 0 Å². The van der Waals surface area contributed by atoms with Crippen molar-refractivity contribution < 1.29 is 9.84 Å². The van der Waals surface area contributed by atoms with Gasteiger partial charge in [0.25, 0.3) is 0 Å². The average molecular weight is 355 g/mol. The minimum Gasteiger partial charge on any atom is -0.491 e. The number of likely N-dealkylation sites (tertiary alicyclic amines) is 1. The molecule has 2 aromatic rings. The number of H-pyrrole nitrogens is 1. The van der Waals surface area contributed by atoms with Crippen LogP contribution in [0.1, 0.15) is 54.5 Å². The highest BCUT2D eigenvalue weighted by atomic mass is 16.5. The van der Waals surface area contributed by atoms with Crippen molar-refractivity contribution in [2.45, 2.75) is 57.6 Å². The largest absolute Gasteiger partial charge is 0.491 e. The fourth-order valence-corrected chi connectivity index (χ4v) is 4.21. The molecule has 1 aliphatic heterocycles. The van der Waals surface area contributed by atoms with E-state index < -0.39 is 6.10 Å². The highest BCUT2D eigenvalue weighted by molar-refractivity contribution is 5.27. The van der Waals surface area contributed by atoms with Crippen molar-refractivity contribution in [3.8, 4) is 5.75 Å². The first-order valence-corrected chi connectivity index (χ1v) is 9.88. The summed E-state index contributed by atoms with van der Waals surface area (Å²) in [6, 6.07) is 8.26. The van der Waals surface area contributed by atoms with E-state index in [4.69, 9.17) is 9.72 Å². The topological polar surface area (TPSA) is 61.4 Å². The van der Waals surface area contributed by atoms with E-state index in [1.165, 1.54) is 29.8 Å². The Balaban J connectivity index is 1.35. The number of fused-ring (bicyclic) bond motifs is 1. The van der Waals surface area contributed by atoms with Gasteiger partial charge in [-0.05, 0) is 69.7 Å². The quantitative estimate of drug-likeness (QED) is 0.835. The van der Waals surface area contributed by atoms with Gasteiger partial charge in [0, 0.05) is 12.2 Å². The van der Waals surface area contributed by atoms with Crippen molar-refractivity contribution in [3.63, 3.8) is 0 Å². The minimum atomic E-state index is -0.499. The number of β-amino-alcohol motifs (C(OH)–C–C–N with tert-alkyl or cyclic N) is 1. The van der Waals surface area contributed by atoms with Gasteiger partial charge in [0.05, 0.1) is 11.7 Å². The van der Waals surface area contributed by atoms with Crippen LogP contribution in [0.2, 0.25) is 0 Å². The Kier molecular flexibility index (Phi) is 5.27. The van der Waals surface area contributed by atoms with Gasteiger partial charge in [-0.1, -0.05) is 12.1 Å². The summed E-state index contributed by atoms with van der Waals surface area (Å²) in [5.74, 6) is 1.92. The number of nitrogens with one attached hydrogen (secondary N) is 1. The van der Waals surface area contributed by atoms with Gasteiger partial charge in [0.2, 0.25) is 0 Å². The van der Waals surface area contributed by atoms with Crippen LogP contribution in [-0.4, -0.2) is 45.8 Å². The molecule has 2 aliphatic rings. The lowest BCUT2D eigenvalue weighted by atomic mass is 10.0. The first-order chi connectivity index (χ1) is 12.7. The number of aromatic nitrogens is 2. The summed E-state index contributed by atoms with van der Waals surface area (Å²) in [6.45, 7) is 4.00. The first-order valence-electron chi connectivity index (χ1n) is 9.88. The predicted molar refractivity (Wildman–Crippen MR) is 101 cm³/mol. The van der Waals surface area contributed by atoms with Crippen molar-refractivity contribution in [2.75, 3.05) is 19.7 Å². The number of hydrogen-bond acceptors (Lipinski definition) is 4. The fraction of sp³-hybridized carbons (Fsp3) is 0.571. The van der Waals surface area contributed by atoms with Crippen molar-refractivity contribution in [1.29, 1.82) is 0 Å². The maximum atomic E-state index is 10.5. The van der Waals surface area contributed by atoms with E-state index >= 15 is 0 Å². The molecule has 140 valence electrons. The number of aryl methyl sites for hydroxylation is 3. The number of hydrogen-bond donors (Lipinski definition) is 2. The number of benzene rings is 1. The molecule has 0 unspecified atom stereocenters. The molecule has 2 atom stereocenters. The van der Waals surface area contributed by atoms with Crippen LogP contribution < -0.4 is 4.74 Å². The summed E-state index contributed by atoms with van der Waals surface area (Å²) in [5.41, 5.74) is 3.77. The van der Waals surface area contributed by atoms with E-state index in [1.807, 2.05) is 31.2 Å². The van der Waals surface area contributed by atoms with Gasteiger partial charge >= 0.3 is 0 Å². The number of imidazole rings is 1. The minimum absolute atomic E-state index is 0.300. The maximum Gasteiger partial charge on any atom is 0.124 e. The number of ether oxygens (including phenoxy) is 1. The Morgan fingerprint density at radius 3 is 3.04 bits per heavy atom. The van der Waals surface area contributed by atoms with Crippen molar-refractivity contribution in [2.24, 2.45) is 0 Å². The van der Waals surface area contributed by atoms with Crippen LogP contribution in [0.25, 0.3) is 0 Å². The van der Waals surface area contributed by atoms with E-state index in [9.17, 15) is 5.11 Å². The number of rotatable bonds is 6. The Hall–Kier alpha value is -1.85. The van der Waals surface area contributed by atoms with Crippen LogP contribution >= 0.6 is 0 Å². The third-order valence-electron chi connectivity index (χ3n) is 5.53. The second-order valence-electron chi connectivity index (χ2n) is 7.69. The zero-order chi connectivity index (χ0) is 17.9. The van der Waals surface area contributed by atoms with Gasteiger partial charge in [-0.3, -0.25) is 4.90 Å². The molecule has 2 heterocycles. The lowest BCUT2D eigenvalue weighted by Gasteiger charge is -2.25. The third-order valence-corrected chi connectivity index (χ3v) is 5.53. The summed E-state index contributed by atoms with van der Waals surface area (Å²) in [6.07, 6.45) is 6.51. The van der Waals surface area contributed by atoms with E-state index in [-0.39, 0.29) is 0 Å². The van der Waals surface area contributed by atoms with E-state index in [1.54, 1.807) is 0 Å².